The van der Waals surface area contributed by atoms with Crippen molar-refractivity contribution in [3.05, 3.63) is 11.9 Å². The molecule has 0 atom stereocenters. The van der Waals surface area contributed by atoms with Gasteiger partial charge in [0, 0.05) is 19.7 Å². The molecule has 5 heteroatoms. The fourth-order valence-electron chi connectivity index (χ4n) is 3.57. The van der Waals surface area contributed by atoms with E-state index in [0.29, 0.717) is 6.42 Å². The molecule has 5 nitrogen and oxygen atoms in total. The summed E-state index contributed by atoms with van der Waals surface area (Å²) in [6.45, 7) is 0. The molecule has 27 heavy (non-hydrogen) atoms. The Morgan fingerprint density at radius 1 is 0.778 bits per heavy atom. The van der Waals surface area contributed by atoms with E-state index in [1.165, 1.54) is 89.9 Å². The molecule has 1 aromatic heterocycles. The summed E-state index contributed by atoms with van der Waals surface area (Å²) in [5.41, 5.74) is 1.12. The molecule has 0 aliphatic carbocycles. The average molecular weight is 380 g/mol. The molecule has 0 unspecified atom stereocenters. The second-order valence-corrected chi connectivity index (χ2v) is 7.93. The second-order valence-electron chi connectivity index (χ2n) is 7.93. The van der Waals surface area contributed by atoms with E-state index in [9.17, 15) is 4.79 Å². The molecule has 0 aliphatic heterocycles. The number of hydrogen-bond acceptors (Lipinski definition) is 3. The lowest BCUT2D eigenvalue weighted by Gasteiger charge is -2.03. The molecular weight excluding hydrogens is 338 g/mol. The molecule has 0 saturated heterocycles. The molecule has 1 rings (SSSR count). The van der Waals surface area contributed by atoms with Crippen LogP contribution >= 0.6 is 0 Å². The van der Waals surface area contributed by atoms with E-state index >= 15 is 0 Å². The zero-order valence-corrected chi connectivity index (χ0v) is 17.5. The van der Waals surface area contributed by atoms with Crippen molar-refractivity contribution in [3.8, 4) is 0 Å². The van der Waals surface area contributed by atoms with Crippen LogP contribution in [0.15, 0.2) is 6.20 Å². The van der Waals surface area contributed by atoms with Crippen LogP contribution in [0.25, 0.3) is 0 Å². The summed E-state index contributed by atoms with van der Waals surface area (Å²) < 4.78 is 1.78. The molecule has 0 bridgehead atoms. The van der Waals surface area contributed by atoms with E-state index in [-0.39, 0.29) is 0 Å². The van der Waals surface area contributed by atoms with Crippen molar-refractivity contribution >= 4 is 5.97 Å². The lowest BCUT2D eigenvalue weighted by molar-refractivity contribution is -0.137. The minimum atomic E-state index is -0.659. The number of aliphatic carboxylic acids is 1. The molecule has 0 aliphatic rings. The van der Waals surface area contributed by atoms with Gasteiger partial charge in [-0.05, 0) is 19.3 Å². The summed E-state index contributed by atoms with van der Waals surface area (Å²) in [6.07, 6.45) is 24.1. The van der Waals surface area contributed by atoms with Crippen LogP contribution in [0.1, 0.15) is 115 Å². The van der Waals surface area contributed by atoms with Crippen LogP contribution in [0.2, 0.25) is 0 Å². The van der Waals surface area contributed by atoms with Gasteiger partial charge in [-0.25, -0.2) is 0 Å². The van der Waals surface area contributed by atoms with Crippen LogP contribution in [0, 0.1) is 0 Å². The van der Waals surface area contributed by atoms with Crippen molar-refractivity contribution in [2.24, 2.45) is 7.05 Å². The third-order valence-electron chi connectivity index (χ3n) is 5.22. The van der Waals surface area contributed by atoms with Crippen molar-refractivity contribution in [2.45, 2.75) is 116 Å². The zero-order valence-electron chi connectivity index (χ0n) is 17.5. The van der Waals surface area contributed by atoms with Crippen LogP contribution in [0.3, 0.4) is 0 Å². The maximum absolute atomic E-state index is 10.4. The van der Waals surface area contributed by atoms with Gasteiger partial charge in [-0.15, -0.1) is 5.10 Å². The number of unbranched alkanes of at least 4 members (excludes halogenated alkanes) is 15. The Bertz CT molecular complexity index is 474. The van der Waals surface area contributed by atoms with E-state index in [2.05, 4.69) is 10.3 Å². The Morgan fingerprint density at radius 2 is 1.19 bits per heavy atom. The second kappa shape index (κ2) is 16.8. The number of aromatic nitrogens is 3. The molecule has 1 aromatic rings. The maximum atomic E-state index is 10.4. The highest BCUT2D eigenvalue weighted by Crippen LogP contribution is 2.14. The largest absolute Gasteiger partial charge is 0.481 e. The number of nitrogens with zero attached hydrogens (tertiary/aromatic N) is 3. The van der Waals surface area contributed by atoms with Crippen LogP contribution < -0.4 is 0 Å². The quantitative estimate of drug-likeness (QED) is 0.296. The van der Waals surface area contributed by atoms with Gasteiger partial charge in [0.1, 0.15) is 0 Å². The first-order chi connectivity index (χ1) is 13.2. The minimum Gasteiger partial charge on any atom is -0.481 e. The Labute approximate surface area is 165 Å². The third kappa shape index (κ3) is 15.4. The standard InChI is InChI=1S/C22H41N3O2/c1-25-20-21(23-24-25)18-16-14-12-10-8-6-4-2-3-5-7-9-11-13-15-17-19-22(26)27/h20H,2-19H2,1H3,(H,26,27). The summed E-state index contributed by atoms with van der Waals surface area (Å²) in [5, 5.41) is 16.7. The fraction of sp³-hybridized carbons (Fsp3) is 0.864. The normalized spacial score (nSPS) is 11.1. The van der Waals surface area contributed by atoms with Crippen LogP contribution in [-0.4, -0.2) is 26.1 Å². The summed E-state index contributed by atoms with van der Waals surface area (Å²) in [5.74, 6) is -0.659. The maximum Gasteiger partial charge on any atom is 0.303 e. The summed E-state index contributed by atoms with van der Waals surface area (Å²) in [4.78, 5) is 10.4. The first kappa shape index (κ1) is 23.6. The van der Waals surface area contributed by atoms with E-state index in [0.717, 1.165) is 25.0 Å². The Hall–Kier alpha value is -1.39. The molecule has 1 N–H and O–H groups in total. The number of carboxylic acid groups (broad SMARTS) is 1. The Balaban J connectivity index is 1.69. The van der Waals surface area contributed by atoms with E-state index < -0.39 is 5.97 Å². The highest BCUT2D eigenvalue weighted by molar-refractivity contribution is 5.66. The van der Waals surface area contributed by atoms with Gasteiger partial charge in [0.25, 0.3) is 0 Å². The number of carbonyl (C=O) groups is 1. The molecule has 0 saturated carbocycles. The van der Waals surface area contributed by atoms with Crippen LogP contribution in [-0.2, 0) is 18.3 Å². The summed E-state index contributed by atoms with van der Waals surface area (Å²) in [6, 6.07) is 0. The van der Waals surface area contributed by atoms with Gasteiger partial charge in [-0.3, -0.25) is 9.48 Å². The van der Waals surface area contributed by atoms with Gasteiger partial charge in [0.2, 0.25) is 0 Å². The first-order valence-electron chi connectivity index (χ1n) is 11.3. The number of aryl methyl sites for hydroxylation is 2. The predicted octanol–water partition coefficient (Wildman–Crippen LogP) is 6.07. The highest BCUT2D eigenvalue weighted by atomic mass is 16.4. The molecule has 0 radical (unpaired) electrons. The van der Waals surface area contributed by atoms with Crippen molar-refractivity contribution < 1.29 is 9.90 Å². The molecule has 0 fully saturated rings. The molecule has 1 heterocycles. The van der Waals surface area contributed by atoms with Crippen molar-refractivity contribution in [1.29, 1.82) is 0 Å². The highest BCUT2D eigenvalue weighted by Gasteiger charge is 1.99. The molecular formula is C22H41N3O2. The monoisotopic (exact) mass is 379 g/mol. The number of hydrogen-bond donors (Lipinski definition) is 1. The van der Waals surface area contributed by atoms with Gasteiger partial charge in [-0.1, -0.05) is 95.1 Å². The smallest absolute Gasteiger partial charge is 0.303 e. The van der Waals surface area contributed by atoms with Gasteiger partial charge < -0.3 is 5.11 Å². The van der Waals surface area contributed by atoms with E-state index in [4.69, 9.17) is 5.11 Å². The molecule has 0 aromatic carbocycles. The van der Waals surface area contributed by atoms with Crippen molar-refractivity contribution in [1.82, 2.24) is 15.0 Å². The predicted molar refractivity (Wildman–Crippen MR) is 111 cm³/mol. The van der Waals surface area contributed by atoms with Gasteiger partial charge >= 0.3 is 5.97 Å². The summed E-state index contributed by atoms with van der Waals surface area (Å²) >= 11 is 0. The van der Waals surface area contributed by atoms with Crippen LogP contribution in [0.5, 0.6) is 0 Å². The first-order valence-corrected chi connectivity index (χ1v) is 11.3. The Kier molecular flexibility index (Phi) is 14.7. The van der Waals surface area contributed by atoms with Gasteiger partial charge in [0.05, 0.1) is 5.69 Å². The average Bonchev–Trinajstić information content (AvgIpc) is 3.05. The molecule has 0 amide bonds. The lowest BCUT2D eigenvalue weighted by atomic mass is 10.0. The minimum absolute atomic E-state index is 0.336. The van der Waals surface area contributed by atoms with Crippen LogP contribution in [0.4, 0.5) is 0 Å². The van der Waals surface area contributed by atoms with E-state index in [1.54, 1.807) is 4.68 Å². The Morgan fingerprint density at radius 3 is 1.56 bits per heavy atom. The summed E-state index contributed by atoms with van der Waals surface area (Å²) in [7, 11) is 1.92. The SMILES string of the molecule is Cn1cc(CCCCCCCCCCCCCCCCCCC(=O)O)nn1. The zero-order chi connectivity index (χ0) is 19.6. The van der Waals surface area contributed by atoms with E-state index in [1.807, 2.05) is 13.2 Å². The lowest BCUT2D eigenvalue weighted by Crippen LogP contribution is -1.93. The molecule has 156 valence electrons. The molecule has 0 spiro atoms. The van der Waals surface area contributed by atoms with Gasteiger partial charge in [-0.2, -0.15) is 0 Å². The van der Waals surface area contributed by atoms with Crippen molar-refractivity contribution in [2.75, 3.05) is 0 Å². The van der Waals surface area contributed by atoms with Crippen molar-refractivity contribution in [3.63, 3.8) is 0 Å². The third-order valence-corrected chi connectivity index (χ3v) is 5.22. The fourth-order valence-corrected chi connectivity index (χ4v) is 3.57. The topological polar surface area (TPSA) is 68.0 Å². The number of carboxylic acids is 1. The number of rotatable bonds is 19. The van der Waals surface area contributed by atoms with Gasteiger partial charge in [0.15, 0.2) is 0 Å².